The third-order valence-corrected chi connectivity index (χ3v) is 1.89. The van der Waals surface area contributed by atoms with Gasteiger partial charge in [0.2, 0.25) is 0 Å². The lowest BCUT2D eigenvalue weighted by atomic mass is 10.1. The normalized spacial score (nSPS) is 9.25. The van der Waals surface area contributed by atoms with Crippen LogP contribution in [0.25, 0.3) is 0 Å². The fraction of sp³-hybridized carbons (Fsp3) is 0.167. The van der Waals surface area contributed by atoms with E-state index >= 15 is 0 Å². The van der Waals surface area contributed by atoms with Gasteiger partial charge in [-0.1, -0.05) is 6.58 Å². The van der Waals surface area contributed by atoms with E-state index in [9.17, 15) is 0 Å². The molecule has 0 bridgehead atoms. The molecule has 4 heteroatoms. The van der Waals surface area contributed by atoms with Gasteiger partial charge in [-0.25, -0.2) is 0 Å². The second-order valence-corrected chi connectivity index (χ2v) is 3.48. The van der Waals surface area contributed by atoms with Crippen molar-refractivity contribution in [3.05, 3.63) is 41.5 Å². The van der Waals surface area contributed by atoms with Crippen molar-refractivity contribution < 1.29 is 4.74 Å². The molecule has 0 aliphatic rings. The molecular weight excluding hydrogens is 202 g/mol. The minimum atomic E-state index is -0.0667. The fourth-order valence-corrected chi connectivity index (χ4v) is 1.11. The largest absolute Gasteiger partial charge is 0.488 e. The van der Waals surface area contributed by atoms with Crippen LogP contribution in [-0.2, 0) is 0 Å². The summed E-state index contributed by atoms with van der Waals surface area (Å²) >= 11 is 0. The maximum Gasteiger partial charge on any atom is 0.137 e. The van der Waals surface area contributed by atoms with Crippen LogP contribution in [0.3, 0.4) is 0 Å². The first-order valence-corrected chi connectivity index (χ1v) is 4.70. The van der Waals surface area contributed by atoms with Crippen LogP contribution in [0, 0.1) is 16.7 Å². The summed E-state index contributed by atoms with van der Waals surface area (Å²) in [6, 6.07) is 6.83. The Bertz CT molecular complexity index is 472. The Morgan fingerprint density at radius 3 is 2.81 bits per heavy atom. The smallest absolute Gasteiger partial charge is 0.137 e. The molecule has 0 aromatic heterocycles. The number of nitrogen functional groups attached to an aromatic ring is 1. The standard InChI is InChI=1S/C12H13N3O/c1-8(2)7-16-11-4-3-9(12(14)15)5-10(11)6-13/h3-5H,1,7H2,2H3,(H3,14,15). The first kappa shape index (κ1) is 11.8. The molecule has 3 N–H and O–H groups in total. The number of benzene rings is 1. The average Bonchev–Trinajstić information content (AvgIpc) is 2.25. The molecule has 1 rings (SSSR count). The van der Waals surface area contributed by atoms with Crippen LogP contribution in [0.4, 0.5) is 0 Å². The van der Waals surface area contributed by atoms with Crippen molar-refractivity contribution in [2.45, 2.75) is 6.92 Å². The summed E-state index contributed by atoms with van der Waals surface area (Å²) in [5.41, 5.74) is 7.09. The van der Waals surface area contributed by atoms with Crippen molar-refractivity contribution >= 4 is 5.84 Å². The number of amidine groups is 1. The third-order valence-electron chi connectivity index (χ3n) is 1.89. The van der Waals surface area contributed by atoms with E-state index in [2.05, 4.69) is 6.58 Å². The highest BCUT2D eigenvalue weighted by Gasteiger charge is 2.06. The summed E-state index contributed by atoms with van der Waals surface area (Å²) in [6.07, 6.45) is 0. The maximum absolute atomic E-state index is 8.93. The first-order chi connectivity index (χ1) is 7.54. The van der Waals surface area contributed by atoms with E-state index in [1.165, 1.54) is 6.07 Å². The van der Waals surface area contributed by atoms with Crippen molar-refractivity contribution in [1.82, 2.24) is 0 Å². The number of nitrogens with two attached hydrogens (primary N) is 1. The highest BCUT2D eigenvalue weighted by atomic mass is 16.5. The molecule has 0 unspecified atom stereocenters. The predicted octanol–water partition coefficient (Wildman–Crippen LogP) is 1.80. The molecule has 0 spiro atoms. The van der Waals surface area contributed by atoms with Crippen LogP contribution in [0.1, 0.15) is 18.1 Å². The van der Waals surface area contributed by atoms with E-state index in [0.29, 0.717) is 23.5 Å². The molecule has 1 aromatic rings. The van der Waals surface area contributed by atoms with Gasteiger partial charge in [0.15, 0.2) is 0 Å². The average molecular weight is 215 g/mol. The minimum Gasteiger partial charge on any atom is -0.488 e. The van der Waals surface area contributed by atoms with Gasteiger partial charge in [-0.3, -0.25) is 5.41 Å². The van der Waals surface area contributed by atoms with Gasteiger partial charge in [0.05, 0.1) is 5.56 Å². The van der Waals surface area contributed by atoms with Gasteiger partial charge in [0, 0.05) is 5.56 Å². The lowest BCUT2D eigenvalue weighted by Gasteiger charge is -2.08. The van der Waals surface area contributed by atoms with E-state index in [4.69, 9.17) is 21.1 Å². The monoisotopic (exact) mass is 215 g/mol. The van der Waals surface area contributed by atoms with Crippen LogP contribution >= 0.6 is 0 Å². The zero-order chi connectivity index (χ0) is 12.1. The third kappa shape index (κ3) is 2.85. The van der Waals surface area contributed by atoms with Crippen LogP contribution in [-0.4, -0.2) is 12.4 Å². The molecule has 82 valence electrons. The SMILES string of the molecule is C=C(C)COc1ccc(C(=N)N)cc1C#N. The summed E-state index contributed by atoms with van der Waals surface area (Å²) in [7, 11) is 0. The molecule has 16 heavy (non-hydrogen) atoms. The van der Waals surface area contributed by atoms with Crippen LogP contribution < -0.4 is 10.5 Å². The molecule has 1 aromatic carbocycles. The Kier molecular flexibility index (Phi) is 3.67. The van der Waals surface area contributed by atoms with Gasteiger partial charge >= 0.3 is 0 Å². The molecule has 0 amide bonds. The number of ether oxygens (including phenoxy) is 1. The zero-order valence-electron chi connectivity index (χ0n) is 9.08. The van der Waals surface area contributed by atoms with Crippen molar-refractivity contribution in [2.24, 2.45) is 5.73 Å². The summed E-state index contributed by atoms with van der Waals surface area (Å²) in [5, 5.41) is 16.2. The first-order valence-electron chi connectivity index (χ1n) is 4.70. The quantitative estimate of drug-likeness (QED) is 0.456. The summed E-state index contributed by atoms with van der Waals surface area (Å²) in [4.78, 5) is 0. The fourth-order valence-electron chi connectivity index (χ4n) is 1.11. The number of rotatable bonds is 4. The lowest BCUT2D eigenvalue weighted by molar-refractivity contribution is 0.351. The summed E-state index contributed by atoms with van der Waals surface area (Å²) < 4.78 is 5.39. The Labute approximate surface area is 94.5 Å². The van der Waals surface area contributed by atoms with Crippen molar-refractivity contribution in [3.63, 3.8) is 0 Å². The number of nitrogens with one attached hydrogen (secondary N) is 1. The van der Waals surface area contributed by atoms with Crippen LogP contribution in [0.5, 0.6) is 5.75 Å². The summed E-state index contributed by atoms with van der Waals surface area (Å²) in [5.74, 6) is 0.415. The summed E-state index contributed by atoms with van der Waals surface area (Å²) in [6.45, 7) is 5.92. The molecule has 0 heterocycles. The van der Waals surface area contributed by atoms with E-state index in [-0.39, 0.29) is 5.84 Å². The molecule has 0 saturated heterocycles. The van der Waals surface area contributed by atoms with Gasteiger partial charge in [-0.2, -0.15) is 5.26 Å². The second-order valence-electron chi connectivity index (χ2n) is 3.48. The minimum absolute atomic E-state index is 0.0667. The van der Waals surface area contributed by atoms with Gasteiger partial charge in [-0.05, 0) is 30.7 Å². The van der Waals surface area contributed by atoms with Gasteiger partial charge in [0.25, 0.3) is 0 Å². The number of nitrogens with zero attached hydrogens (tertiary/aromatic N) is 1. The van der Waals surface area contributed by atoms with Crippen molar-refractivity contribution in [2.75, 3.05) is 6.61 Å². The molecule has 0 fully saturated rings. The van der Waals surface area contributed by atoms with Crippen molar-refractivity contribution in [3.8, 4) is 11.8 Å². The Morgan fingerprint density at radius 1 is 1.62 bits per heavy atom. The molecular formula is C12H13N3O. The predicted molar refractivity (Wildman–Crippen MR) is 62.5 cm³/mol. The van der Waals surface area contributed by atoms with Crippen LogP contribution in [0.15, 0.2) is 30.4 Å². The van der Waals surface area contributed by atoms with Gasteiger partial charge < -0.3 is 10.5 Å². The van der Waals surface area contributed by atoms with Gasteiger partial charge in [-0.15, -0.1) is 0 Å². The van der Waals surface area contributed by atoms with Crippen LogP contribution in [0.2, 0.25) is 0 Å². The topological polar surface area (TPSA) is 82.9 Å². The second kappa shape index (κ2) is 4.99. The highest BCUT2D eigenvalue weighted by molar-refractivity contribution is 5.95. The number of hydrogen-bond donors (Lipinski definition) is 2. The molecule has 0 aliphatic carbocycles. The van der Waals surface area contributed by atoms with E-state index in [1.807, 2.05) is 13.0 Å². The van der Waals surface area contributed by atoms with E-state index < -0.39 is 0 Å². The van der Waals surface area contributed by atoms with E-state index in [0.717, 1.165) is 5.57 Å². The molecule has 4 nitrogen and oxygen atoms in total. The van der Waals surface area contributed by atoms with E-state index in [1.54, 1.807) is 12.1 Å². The molecule has 0 saturated carbocycles. The number of hydrogen-bond acceptors (Lipinski definition) is 3. The zero-order valence-corrected chi connectivity index (χ0v) is 9.08. The number of nitriles is 1. The Morgan fingerprint density at radius 2 is 2.31 bits per heavy atom. The highest BCUT2D eigenvalue weighted by Crippen LogP contribution is 2.19. The Balaban J connectivity index is 2.99. The molecule has 0 radical (unpaired) electrons. The van der Waals surface area contributed by atoms with Crippen molar-refractivity contribution in [1.29, 1.82) is 10.7 Å². The molecule has 0 atom stereocenters. The maximum atomic E-state index is 8.93. The molecule has 0 aliphatic heterocycles. The Hall–Kier alpha value is -2.28. The lowest BCUT2D eigenvalue weighted by Crippen LogP contribution is -2.11. The van der Waals surface area contributed by atoms with Gasteiger partial charge in [0.1, 0.15) is 24.3 Å².